The van der Waals surface area contributed by atoms with E-state index in [0.717, 1.165) is 38.5 Å². The lowest BCUT2D eigenvalue weighted by Gasteiger charge is -2.34. The Morgan fingerprint density at radius 3 is 2.36 bits per heavy atom. The zero-order valence-corrected chi connectivity index (χ0v) is 14.3. The molecule has 0 aromatic heterocycles. The summed E-state index contributed by atoms with van der Waals surface area (Å²) in [4.78, 5) is 22.9. The molecule has 0 aromatic rings. The maximum absolute atomic E-state index is 11.8. The van der Waals surface area contributed by atoms with Crippen LogP contribution in [-0.4, -0.2) is 42.8 Å². The van der Waals surface area contributed by atoms with Crippen molar-refractivity contribution in [3.05, 3.63) is 0 Å². The summed E-state index contributed by atoms with van der Waals surface area (Å²) in [5.74, 6) is 0.418. The van der Waals surface area contributed by atoms with Gasteiger partial charge in [0.1, 0.15) is 5.78 Å². The molecule has 0 aromatic carbocycles. The molecule has 0 aliphatic heterocycles. The lowest BCUT2D eigenvalue weighted by atomic mass is 9.78. The molecule has 1 amide bonds. The second kappa shape index (κ2) is 8.89. The van der Waals surface area contributed by atoms with Crippen LogP contribution in [0.1, 0.15) is 51.9 Å². The minimum atomic E-state index is 0.0337. The predicted octanol–water partition coefficient (Wildman–Crippen LogP) is 2.48. The number of carbonyl (C=O) groups is 2. The highest BCUT2D eigenvalue weighted by Gasteiger charge is 2.33. The third-order valence-corrected chi connectivity index (χ3v) is 5.08. The van der Waals surface area contributed by atoms with Crippen LogP contribution in [0.25, 0.3) is 0 Å². The number of amides is 1. The lowest BCUT2D eigenvalue weighted by molar-refractivity contribution is -0.128. The summed E-state index contributed by atoms with van der Waals surface area (Å²) in [6.45, 7) is 2.10. The molecule has 2 aliphatic rings. The maximum Gasteiger partial charge on any atom is 0.222 e. The predicted molar refractivity (Wildman–Crippen MR) is 86.5 cm³/mol. The number of Topliss-reactive ketones (excluding diaryl/α,β-unsaturated/α-hetero) is 1. The highest BCUT2D eigenvalue weighted by Crippen LogP contribution is 2.28. The molecular formula is C16H27NO4S. The molecule has 1 N–H and O–H groups in total. The first-order chi connectivity index (χ1) is 10.6. The van der Waals surface area contributed by atoms with Crippen LogP contribution in [0.2, 0.25) is 0 Å². The maximum atomic E-state index is 11.8. The first-order valence-electron chi connectivity index (χ1n) is 8.19. The topological polar surface area (TPSA) is 64.6 Å². The summed E-state index contributed by atoms with van der Waals surface area (Å²) in [6.07, 6.45) is 8.64. The van der Waals surface area contributed by atoms with E-state index < -0.39 is 0 Å². The van der Waals surface area contributed by atoms with Crippen molar-refractivity contribution in [1.29, 1.82) is 0 Å². The number of hydrogen-bond acceptors (Lipinski definition) is 5. The van der Waals surface area contributed by atoms with E-state index in [1.165, 1.54) is 12.0 Å². The number of rotatable bonds is 8. The van der Waals surface area contributed by atoms with Gasteiger partial charge in [-0.1, -0.05) is 0 Å². The molecule has 0 bridgehead atoms. The Morgan fingerprint density at radius 2 is 1.77 bits per heavy atom. The van der Waals surface area contributed by atoms with E-state index in [9.17, 15) is 9.59 Å². The smallest absolute Gasteiger partial charge is 0.222 e. The first kappa shape index (κ1) is 17.8. The molecule has 126 valence electrons. The number of ketones is 1. The van der Waals surface area contributed by atoms with Crippen molar-refractivity contribution in [2.75, 3.05) is 12.9 Å². The van der Waals surface area contributed by atoms with Gasteiger partial charge in [0.25, 0.3) is 0 Å². The van der Waals surface area contributed by atoms with Crippen LogP contribution in [-0.2, 0) is 18.5 Å². The zero-order valence-electron chi connectivity index (χ0n) is 13.5. The van der Waals surface area contributed by atoms with E-state index in [1.807, 2.05) is 6.26 Å². The van der Waals surface area contributed by atoms with Crippen molar-refractivity contribution in [2.45, 2.75) is 70.1 Å². The minimum Gasteiger partial charge on any atom is -0.378 e. The Bertz CT molecular complexity index is 376. The molecule has 0 saturated heterocycles. The number of hydrogen-bond donors (Lipinski definition) is 1. The molecule has 6 heteroatoms. The van der Waals surface area contributed by atoms with Gasteiger partial charge in [-0.25, -0.2) is 0 Å². The van der Waals surface area contributed by atoms with E-state index >= 15 is 0 Å². The summed E-state index contributed by atoms with van der Waals surface area (Å²) in [5.41, 5.74) is 0. The Balaban J connectivity index is 1.50. The van der Waals surface area contributed by atoms with Gasteiger partial charge in [0.05, 0.1) is 18.8 Å². The molecule has 2 rings (SSSR count). The van der Waals surface area contributed by atoms with Crippen LogP contribution in [0.4, 0.5) is 0 Å². The lowest BCUT2D eigenvalue weighted by Crippen LogP contribution is -2.46. The second-order valence-corrected chi connectivity index (χ2v) is 6.85. The molecule has 0 spiro atoms. The monoisotopic (exact) mass is 329 g/mol. The molecule has 2 saturated carbocycles. The normalized spacial score (nSPS) is 31.4. The molecule has 2 aliphatic carbocycles. The van der Waals surface area contributed by atoms with Crippen molar-refractivity contribution >= 4 is 23.7 Å². The number of ether oxygens (including phenoxy) is 1. The molecule has 2 fully saturated rings. The van der Waals surface area contributed by atoms with Crippen molar-refractivity contribution in [3.8, 4) is 0 Å². The SMILES string of the molecule is CSOC1CCC(OCCC(=O)NC2CC(C(C)=O)C2)CC1. The quantitative estimate of drug-likeness (QED) is 0.693. The van der Waals surface area contributed by atoms with E-state index in [4.69, 9.17) is 8.92 Å². The molecule has 5 nitrogen and oxygen atoms in total. The fraction of sp³-hybridized carbons (Fsp3) is 0.875. The van der Waals surface area contributed by atoms with Crippen LogP contribution >= 0.6 is 12.0 Å². The van der Waals surface area contributed by atoms with E-state index in [-0.39, 0.29) is 29.8 Å². The molecule has 0 radical (unpaired) electrons. The Hall–Kier alpha value is -0.590. The summed E-state index contributed by atoms with van der Waals surface area (Å²) >= 11 is 1.43. The number of carbonyl (C=O) groups excluding carboxylic acids is 2. The molecule has 22 heavy (non-hydrogen) atoms. The molecule has 0 unspecified atom stereocenters. The van der Waals surface area contributed by atoms with Gasteiger partial charge in [-0.05, 0) is 57.5 Å². The Labute approximate surface area is 137 Å². The van der Waals surface area contributed by atoms with E-state index in [1.54, 1.807) is 6.92 Å². The molecule has 0 heterocycles. The second-order valence-electron chi connectivity index (χ2n) is 6.33. The van der Waals surface area contributed by atoms with Crippen molar-refractivity contribution in [1.82, 2.24) is 5.32 Å². The summed E-state index contributed by atoms with van der Waals surface area (Å²) in [5, 5.41) is 2.97. The Kier molecular flexibility index (Phi) is 7.18. The fourth-order valence-corrected chi connectivity index (χ4v) is 3.58. The molecular weight excluding hydrogens is 302 g/mol. The number of nitrogens with one attached hydrogen (secondary N) is 1. The first-order valence-corrected chi connectivity index (χ1v) is 9.34. The van der Waals surface area contributed by atoms with Gasteiger partial charge in [0.15, 0.2) is 0 Å². The summed E-state index contributed by atoms with van der Waals surface area (Å²) in [7, 11) is 0. The average molecular weight is 329 g/mol. The van der Waals surface area contributed by atoms with Crippen LogP contribution in [0.15, 0.2) is 0 Å². The Morgan fingerprint density at radius 1 is 1.14 bits per heavy atom. The summed E-state index contributed by atoms with van der Waals surface area (Å²) in [6, 6.07) is 0.181. The van der Waals surface area contributed by atoms with Crippen LogP contribution < -0.4 is 5.32 Å². The van der Waals surface area contributed by atoms with Gasteiger partial charge in [0, 0.05) is 24.6 Å². The van der Waals surface area contributed by atoms with Gasteiger partial charge < -0.3 is 14.2 Å². The van der Waals surface area contributed by atoms with Crippen LogP contribution in [0.5, 0.6) is 0 Å². The van der Waals surface area contributed by atoms with Gasteiger partial charge in [-0.15, -0.1) is 0 Å². The van der Waals surface area contributed by atoms with Crippen molar-refractivity contribution < 1.29 is 18.5 Å². The van der Waals surface area contributed by atoms with Gasteiger partial charge in [-0.2, -0.15) is 0 Å². The van der Waals surface area contributed by atoms with Crippen molar-refractivity contribution in [3.63, 3.8) is 0 Å². The molecule has 0 atom stereocenters. The van der Waals surface area contributed by atoms with Gasteiger partial charge in [-0.3, -0.25) is 9.59 Å². The van der Waals surface area contributed by atoms with Gasteiger partial charge >= 0.3 is 0 Å². The minimum absolute atomic E-state index is 0.0337. The third kappa shape index (κ3) is 5.56. The zero-order chi connectivity index (χ0) is 15.9. The average Bonchev–Trinajstić information content (AvgIpc) is 2.44. The van der Waals surface area contributed by atoms with E-state index in [0.29, 0.717) is 19.1 Å². The third-order valence-electron chi connectivity index (χ3n) is 4.61. The largest absolute Gasteiger partial charge is 0.378 e. The van der Waals surface area contributed by atoms with Crippen LogP contribution in [0, 0.1) is 5.92 Å². The highest BCUT2D eigenvalue weighted by atomic mass is 32.2. The van der Waals surface area contributed by atoms with E-state index in [2.05, 4.69) is 5.32 Å². The van der Waals surface area contributed by atoms with Gasteiger partial charge in [0.2, 0.25) is 5.91 Å². The van der Waals surface area contributed by atoms with Crippen LogP contribution in [0.3, 0.4) is 0 Å². The highest BCUT2D eigenvalue weighted by molar-refractivity contribution is 7.93. The standard InChI is InChI=1S/C16H27NO4S/c1-11(18)12-9-13(10-12)17-16(19)7-8-20-14-3-5-15(6-4-14)21-22-2/h12-15H,3-10H2,1-2H3,(H,17,19). The summed E-state index contributed by atoms with van der Waals surface area (Å²) < 4.78 is 11.3. The fourth-order valence-electron chi connectivity index (χ4n) is 3.12. The van der Waals surface area contributed by atoms with Crippen molar-refractivity contribution in [2.24, 2.45) is 5.92 Å².